The van der Waals surface area contributed by atoms with Gasteiger partial charge in [0.05, 0.1) is 17.6 Å². The van der Waals surface area contributed by atoms with Crippen molar-refractivity contribution >= 4 is 9.84 Å². The van der Waals surface area contributed by atoms with Crippen molar-refractivity contribution < 1.29 is 13.5 Å². The van der Waals surface area contributed by atoms with Crippen molar-refractivity contribution in [2.75, 3.05) is 11.5 Å². The zero-order chi connectivity index (χ0) is 9.35. The van der Waals surface area contributed by atoms with Gasteiger partial charge in [-0.1, -0.05) is 13.8 Å². The maximum atomic E-state index is 11.0. The number of hydrogen-bond donors (Lipinski definition) is 2. The molecule has 1 heterocycles. The van der Waals surface area contributed by atoms with Crippen LogP contribution in [0.1, 0.15) is 13.8 Å². The molecule has 0 saturated carbocycles. The van der Waals surface area contributed by atoms with Gasteiger partial charge in [-0.05, 0) is 0 Å². The zero-order valence-electron chi connectivity index (χ0n) is 7.32. The summed E-state index contributed by atoms with van der Waals surface area (Å²) >= 11 is 0. The third-order valence-electron chi connectivity index (χ3n) is 1.87. The summed E-state index contributed by atoms with van der Waals surface area (Å²) in [5.41, 5.74) is 0. The van der Waals surface area contributed by atoms with Crippen LogP contribution in [0.5, 0.6) is 0 Å². The second-order valence-electron chi connectivity index (χ2n) is 3.57. The Morgan fingerprint density at radius 1 is 1.42 bits per heavy atom. The standard InChI is InChI=1S/C7H15NO3S/c1-5(2)8-6-3-12(10,11)4-7(6)9/h5-9H,3-4H2,1-2H3/t6-,7-/m1/s1. The molecular formula is C7H15NO3S. The molecule has 1 fully saturated rings. The lowest BCUT2D eigenvalue weighted by Crippen LogP contribution is -2.42. The first-order valence-electron chi connectivity index (χ1n) is 4.05. The van der Waals surface area contributed by atoms with Crippen LogP contribution in [0.3, 0.4) is 0 Å². The van der Waals surface area contributed by atoms with Gasteiger partial charge in [-0.15, -0.1) is 0 Å². The van der Waals surface area contributed by atoms with Crippen molar-refractivity contribution in [1.82, 2.24) is 5.32 Å². The van der Waals surface area contributed by atoms with Gasteiger partial charge in [-0.25, -0.2) is 8.42 Å². The van der Waals surface area contributed by atoms with E-state index >= 15 is 0 Å². The Morgan fingerprint density at radius 2 is 2.00 bits per heavy atom. The third-order valence-corrected chi connectivity index (χ3v) is 3.59. The van der Waals surface area contributed by atoms with Crippen molar-refractivity contribution in [3.8, 4) is 0 Å². The monoisotopic (exact) mass is 193 g/mol. The fraction of sp³-hybridized carbons (Fsp3) is 1.00. The number of aliphatic hydroxyl groups is 1. The molecule has 5 heteroatoms. The van der Waals surface area contributed by atoms with E-state index in [1.165, 1.54) is 0 Å². The number of sulfone groups is 1. The minimum absolute atomic E-state index is 0.0619. The molecule has 2 atom stereocenters. The van der Waals surface area contributed by atoms with Crippen LogP contribution < -0.4 is 5.32 Å². The molecule has 0 aromatic carbocycles. The Labute approximate surface area is 72.9 Å². The maximum absolute atomic E-state index is 11.0. The Kier molecular flexibility index (Phi) is 2.75. The van der Waals surface area contributed by atoms with Crippen LogP contribution in [0.2, 0.25) is 0 Å². The first kappa shape index (κ1) is 9.95. The van der Waals surface area contributed by atoms with Crippen molar-refractivity contribution in [3.63, 3.8) is 0 Å². The van der Waals surface area contributed by atoms with Gasteiger partial charge in [0, 0.05) is 12.1 Å². The summed E-state index contributed by atoms with van der Waals surface area (Å²) in [6, 6.07) is -0.0760. The lowest BCUT2D eigenvalue weighted by atomic mass is 10.2. The molecule has 4 nitrogen and oxygen atoms in total. The van der Waals surface area contributed by atoms with Crippen LogP contribution in [0.15, 0.2) is 0 Å². The smallest absolute Gasteiger partial charge is 0.154 e. The van der Waals surface area contributed by atoms with Gasteiger partial charge in [0.1, 0.15) is 0 Å². The van der Waals surface area contributed by atoms with E-state index in [9.17, 15) is 13.5 Å². The lowest BCUT2D eigenvalue weighted by Gasteiger charge is -2.17. The summed E-state index contributed by atoms with van der Waals surface area (Å²) in [7, 11) is -3.00. The van der Waals surface area contributed by atoms with Gasteiger partial charge in [0.2, 0.25) is 0 Å². The van der Waals surface area contributed by atoms with Crippen LogP contribution in [-0.4, -0.2) is 43.2 Å². The number of rotatable bonds is 2. The highest BCUT2D eigenvalue weighted by molar-refractivity contribution is 7.91. The van der Waals surface area contributed by atoms with Gasteiger partial charge < -0.3 is 10.4 Å². The average molecular weight is 193 g/mol. The Balaban J connectivity index is 2.58. The minimum Gasteiger partial charge on any atom is -0.390 e. The normalized spacial score (nSPS) is 34.3. The molecular weight excluding hydrogens is 178 g/mol. The molecule has 0 aromatic heterocycles. The van der Waals surface area contributed by atoms with Crippen molar-refractivity contribution in [3.05, 3.63) is 0 Å². The SMILES string of the molecule is CC(C)N[C@@H]1CS(=O)(=O)C[C@H]1O. The fourth-order valence-corrected chi connectivity index (χ4v) is 3.17. The van der Waals surface area contributed by atoms with E-state index in [1.54, 1.807) is 0 Å². The first-order chi connectivity index (χ1) is 5.41. The molecule has 0 amide bonds. The van der Waals surface area contributed by atoms with Crippen LogP contribution in [0, 0.1) is 0 Å². The van der Waals surface area contributed by atoms with Crippen LogP contribution in [-0.2, 0) is 9.84 Å². The minimum atomic E-state index is -3.00. The summed E-state index contributed by atoms with van der Waals surface area (Å²) < 4.78 is 22.1. The Morgan fingerprint density at radius 3 is 2.33 bits per heavy atom. The molecule has 2 N–H and O–H groups in total. The predicted molar refractivity (Wildman–Crippen MR) is 46.7 cm³/mol. The van der Waals surface area contributed by atoms with E-state index in [0.717, 1.165) is 0 Å². The van der Waals surface area contributed by atoms with E-state index in [1.807, 2.05) is 13.8 Å². The molecule has 0 radical (unpaired) electrons. The highest BCUT2D eigenvalue weighted by Gasteiger charge is 2.36. The molecule has 0 bridgehead atoms. The molecule has 1 rings (SSSR count). The molecule has 1 aliphatic heterocycles. The van der Waals surface area contributed by atoms with Crippen LogP contribution >= 0.6 is 0 Å². The molecule has 1 aliphatic rings. The van der Waals surface area contributed by atoms with Crippen LogP contribution in [0.25, 0.3) is 0 Å². The molecule has 0 aliphatic carbocycles. The summed E-state index contributed by atoms with van der Waals surface area (Å²) in [6.45, 7) is 3.86. The maximum Gasteiger partial charge on any atom is 0.154 e. The largest absolute Gasteiger partial charge is 0.390 e. The second-order valence-corrected chi connectivity index (χ2v) is 5.73. The summed E-state index contributed by atoms with van der Waals surface area (Å²) in [4.78, 5) is 0. The van der Waals surface area contributed by atoms with Crippen LogP contribution in [0.4, 0.5) is 0 Å². The predicted octanol–water partition coefficient (Wildman–Crippen LogP) is -0.858. The van der Waals surface area contributed by atoms with Gasteiger partial charge in [-0.3, -0.25) is 0 Å². The molecule has 0 unspecified atom stereocenters. The van der Waals surface area contributed by atoms with E-state index in [-0.39, 0.29) is 23.6 Å². The van der Waals surface area contributed by atoms with E-state index in [2.05, 4.69) is 5.32 Å². The van der Waals surface area contributed by atoms with Crippen molar-refractivity contribution in [2.45, 2.75) is 32.0 Å². The van der Waals surface area contributed by atoms with Gasteiger partial charge in [0.15, 0.2) is 9.84 Å². The second kappa shape index (κ2) is 3.32. The van der Waals surface area contributed by atoms with Crippen molar-refractivity contribution in [2.24, 2.45) is 0 Å². The number of aliphatic hydroxyl groups excluding tert-OH is 1. The zero-order valence-corrected chi connectivity index (χ0v) is 8.13. The van der Waals surface area contributed by atoms with E-state index < -0.39 is 15.9 Å². The Hall–Kier alpha value is -0.130. The molecule has 0 spiro atoms. The summed E-state index contributed by atoms with van der Waals surface area (Å²) in [5, 5.41) is 12.3. The highest BCUT2D eigenvalue weighted by atomic mass is 32.2. The lowest BCUT2D eigenvalue weighted by molar-refractivity contribution is 0.161. The number of hydrogen-bond acceptors (Lipinski definition) is 4. The van der Waals surface area contributed by atoms with E-state index in [4.69, 9.17) is 0 Å². The van der Waals surface area contributed by atoms with Crippen molar-refractivity contribution in [1.29, 1.82) is 0 Å². The van der Waals surface area contributed by atoms with Gasteiger partial charge >= 0.3 is 0 Å². The van der Waals surface area contributed by atoms with Gasteiger partial charge in [-0.2, -0.15) is 0 Å². The Bertz CT molecular complexity index is 247. The number of nitrogens with one attached hydrogen (secondary N) is 1. The topological polar surface area (TPSA) is 66.4 Å². The highest BCUT2D eigenvalue weighted by Crippen LogP contribution is 2.12. The molecule has 12 heavy (non-hydrogen) atoms. The molecule has 72 valence electrons. The summed E-state index contributed by atoms with van der Waals surface area (Å²) in [5.74, 6) is -0.0380. The third kappa shape index (κ3) is 2.43. The first-order valence-corrected chi connectivity index (χ1v) is 5.87. The van der Waals surface area contributed by atoms with Gasteiger partial charge in [0.25, 0.3) is 0 Å². The quantitative estimate of drug-likeness (QED) is 0.599. The summed E-state index contributed by atoms with van der Waals surface area (Å²) in [6.07, 6.45) is -0.739. The van der Waals surface area contributed by atoms with E-state index in [0.29, 0.717) is 0 Å². The average Bonchev–Trinajstić information content (AvgIpc) is 2.03. The molecule has 0 aromatic rings. The molecule has 1 saturated heterocycles. The fourth-order valence-electron chi connectivity index (χ4n) is 1.42.